The number of hydrogen-bond acceptors (Lipinski definition) is 4. The molecule has 0 bridgehead atoms. The number of fused-ring (bicyclic) bond motifs is 1. The van der Waals surface area contributed by atoms with Crippen molar-refractivity contribution in [1.29, 1.82) is 0 Å². The maximum absolute atomic E-state index is 12.4. The largest absolute Gasteiger partial charge is 0.277 e. The van der Waals surface area contributed by atoms with Crippen molar-refractivity contribution in [2.75, 3.05) is 11.5 Å². The molecule has 0 amide bonds. The van der Waals surface area contributed by atoms with Gasteiger partial charge in [0.05, 0.1) is 11.5 Å². The number of aryl methyl sites for hydroxylation is 1. The Bertz CT molecular complexity index is 897. The van der Waals surface area contributed by atoms with Gasteiger partial charge in [-0.15, -0.1) is 0 Å². The van der Waals surface area contributed by atoms with Crippen molar-refractivity contribution in [2.45, 2.75) is 110 Å². The Kier molecular flexibility index (Phi) is 10.3. The maximum Gasteiger partial charge on any atom is 0.193 e. The summed E-state index contributed by atoms with van der Waals surface area (Å²) in [6, 6.07) is 0. The molecule has 0 saturated heterocycles. The van der Waals surface area contributed by atoms with Gasteiger partial charge in [0, 0.05) is 11.8 Å². The number of H-pyrrole nitrogens is 1. The third kappa shape index (κ3) is 8.76. The van der Waals surface area contributed by atoms with Crippen LogP contribution in [0.4, 0.5) is 0 Å². The summed E-state index contributed by atoms with van der Waals surface area (Å²) in [6.45, 7) is 8.47. The summed E-state index contributed by atoms with van der Waals surface area (Å²) >= 11 is 6.23. The Hall–Kier alpha value is -1.08. The Morgan fingerprint density at radius 2 is 1.42 bits per heavy atom. The van der Waals surface area contributed by atoms with Crippen molar-refractivity contribution in [2.24, 2.45) is 0 Å². The number of sulfone groups is 1. The van der Waals surface area contributed by atoms with E-state index in [1.807, 2.05) is 0 Å². The van der Waals surface area contributed by atoms with Crippen LogP contribution in [-0.4, -0.2) is 39.5 Å². The van der Waals surface area contributed by atoms with E-state index >= 15 is 0 Å². The fraction of sp³-hybridized carbons (Fsp3) is 0.826. The van der Waals surface area contributed by atoms with Crippen molar-refractivity contribution in [3.63, 3.8) is 0 Å². The molecule has 0 aliphatic rings. The number of aromatic amines is 1. The monoisotopic (exact) mass is 472 g/mol. The molecule has 0 fully saturated rings. The van der Waals surface area contributed by atoms with Gasteiger partial charge in [-0.2, -0.15) is 0 Å². The third-order valence-electron chi connectivity index (χ3n) is 5.69. The summed E-state index contributed by atoms with van der Waals surface area (Å²) in [6.07, 6.45) is 13.2. The molecule has 8 heteroatoms. The molecule has 178 valence electrons. The lowest BCUT2D eigenvalue weighted by molar-refractivity contribution is 0.542. The van der Waals surface area contributed by atoms with E-state index < -0.39 is 9.84 Å². The zero-order valence-corrected chi connectivity index (χ0v) is 21.4. The van der Waals surface area contributed by atoms with Crippen LogP contribution in [0, 0.1) is 0 Å². The molecule has 0 aliphatic carbocycles. The van der Waals surface area contributed by atoms with Crippen LogP contribution in [0.2, 0.25) is 5.15 Å². The summed E-state index contributed by atoms with van der Waals surface area (Å²) in [5.41, 5.74) is 0.479. The van der Waals surface area contributed by atoms with Crippen LogP contribution in [0.25, 0.3) is 5.65 Å². The molecule has 2 aromatic rings. The van der Waals surface area contributed by atoms with Crippen molar-refractivity contribution in [1.82, 2.24) is 19.6 Å². The van der Waals surface area contributed by atoms with E-state index in [9.17, 15) is 8.42 Å². The Morgan fingerprint density at radius 1 is 0.871 bits per heavy atom. The lowest BCUT2D eigenvalue weighted by atomic mass is 9.96. The molecule has 2 heterocycles. The first-order chi connectivity index (χ1) is 14.6. The van der Waals surface area contributed by atoms with Gasteiger partial charge in [0.1, 0.15) is 21.5 Å². The van der Waals surface area contributed by atoms with Crippen molar-refractivity contribution in [3.05, 3.63) is 16.8 Å². The predicted octanol–water partition coefficient (Wildman–Crippen LogP) is 6.28. The lowest BCUT2D eigenvalue weighted by Crippen LogP contribution is -2.14. The van der Waals surface area contributed by atoms with Gasteiger partial charge in [0.25, 0.3) is 0 Å². The number of aromatic nitrogens is 4. The molecule has 0 aliphatic heterocycles. The molecule has 2 rings (SSSR count). The summed E-state index contributed by atoms with van der Waals surface area (Å²) in [4.78, 5) is 8.90. The second-order valence-corrected chi connectivity index (χ2v) is 12.4. The van der Waals surface area contributed by atoms with Crippen molar-refractivity contribution in [3.8, 4) is 0 Å². The van der Waals surface area contributed by atoms with Crippen LogP contribution in [0.1, 0.15) is 110 Å². The van der Waals surface area contributed by atoms with Crippen molar-refractivity contribution < 1.29 is 8.42 Å². The average Bonchev–Trinajstić information content (AvgIpc) is 3.25. The van der Waals surface area contributed by atoms with Gasteiger partial charge in [-0.1, -0.05) is 97.1 Å². The second-order valence-electron chi connectivity index (χ2n) is 9.74. The van der Waals surface area contributed by atoms with E-state index in [0.29, 0.717) is 29.4 Å². The summed E-state index contributed by atoms with van der Waals surface area (Å²) in [5.74, 6) is 2.05. The Balaban J connectivity index is 1.68. The summed E-state index contributed by atoms with van der Waals surface area (Å²) in [7, 11) is -3.02. The third-order valence-corrected chi connectivity index (χ3v) is 7.77. The molecule has 0 unspecified atom stereocenters. The summed E-state index contributed by atoms with van der Waals surface area (Å²) in [5, 5.41) is 3.61. The molecule has 0 spiro atoms. The van der Waals surface area contributed by atoms with Crippen LogP contribution < -0.4 is 0 Å². The van der Waals surface area contributed by atoms with Crippen LogP contribution in [-0.2, 0) is 21.7 Å². The fourth-order valence-corrected chi connectivity index (χ4v) is 5.40. The first-order valence-corrected chi connectivity index (χ1v) is 14.2. The minimum absolute atomic E-state index is 0.127. The normalized spacial score (nSPS) is 12.8. The number of hydrogen-bond donors (Lipinski definition) is 1. The maximum atomic E-state index is 12.4. The Labute approximate surface area is 193 Å². The molecular formula is C23H41ClN4O2S. The van der Waals surface area contributed by atoms with Gasteiger partial charge >= 0.3 is 0 Å². The van der Waals surface area contributed by atoms with E-state index in [-0.39, 0.29) is 11.2 Å². The van der Waals surface area contributed by atoms with E-state index in [2.05, 4.69) is 42.8 Å². The number of rotatable bonds is 15. The van der Waals surface area contributed by atoms with E-state index in [4.69, 9.17) is 11.6 Å². The topological polar surface area (TPSA) is 80.1 Å². The second kappa shape index (κ2) is 12.2. The highest BCUT2D eigenvalue weighted by Gasteiger charge is 2.22. The highest BCUT2D eigenvalue weighted by molar-refractivity contribution is 7.91. The number of nitrogens with one attached hydrogen (secondary N) is 1. The lowest BCUT2D eigenvalue weighted by Gasteiger charge is -2.13. The fourth-order valence-electron chi connectivity index (χ4n) is 3.74. The minimum Gasteiger partial charge on any atom is -0.277 e. The SMILES string of the molecule is CCCCCCCCCCCCS(=O)(=O)CCCc1nc(Cl)c2nc(C(C)(C)C)[nH]n12. The predicted molar refractivity (Wildman–Crippen MR) is 130 cm³/mol. The van der Waals surface area contributed by atoms with Gasteiger partial charge in [-0.05, 0) is 12.8 Å². The van der Waals surface area contributed by atoms with Crippen molar-refractivity contribution >= 4 is 27.1 Å². The molecule has 2 aromatic heterocycles. The van der Waals surface area contributed by atoms with Crippen LogP contribution in [0.3, 0.4) is 0 Å². The number of unbranched alkanes of at least 4 members (excludes halogenated alkanes) is 9. The van der Waals surface area contributed by atoms with E-state index in [0.717, 1.165) is 30.9 Å². The minimum atomic E-state index is -3.02. The molecule has 1 N–H and O–H groups in total. The molecule has 0 aromatic carbocycles. The van der Waals surface area contributed by atoms with Gasteiger partial charge in [-0.25, -0.2) is 22.9 Å². The van der Waals surface area contributed by atoms with Crippen LogP contribution in [0.5, 0.6) is 0 Å². The van der Waals surface area contributed by atoms with Gasteiger partial charge in [0.2, 0.25) is 0 Å². The Morgan fingerprint density at radius 3 is 2.00 bits per heavy atom. The molecule has 0 saturated carbocycles. The number of halogens is 1. The molecule has 31 heavy (non-hydrogen) atoms. The quantitative estimate of drug-likeness (QED) is 0.309. The highest BCUT2D eigenvalue weighted by Crippen LogP contribution is 2.23. The zero-order valence-electron chi connectivity index (χ0n) is 19.8. The average molecular weight is 473 g/mol. The van der Waals surface area contributed by atoms with Gasteiger partial charge in [0.15, 0.2) is 10.8 Å². The molecule has 6 nitrogen and oxygen atoms in total. The smallest absolute Gasteiger partial charge is 0.193 e. The van der Waals surface area contributed by atoms with Gasteiger partial charge < -0.3 is 0 Å². The first kappa shape index (κ1) is 26.2. The summed E-state index contributed by atoms with van der Waals surface area (Å²) < 4.78 is 26.6. The molecule has 0 atom stereocenters. The number of nitrogens with zero attached hydrogens (tertiary/aromatic N) is 3. The van der Waals surface area contributed by atoms with Crippen LogP contribution in [0.15, 0.2) is 0 Å². The van der Waals surface area contributed by atoms with Crippen LogP contribution >= 0.6 is 11.6 Å². The number of imidazole rings is 1. The van der Waals surface area contributed by atoms with E-state index in [1.54, 1.807) is 4.52 Å². The zero-order chi connectivity index (χ0) is 22.9. The molecular weight excluding hydrogens is 432 g/mol. The molecule has 0 radical (unpaired) electrons. The van der Waals surface area contributed by atoms with Gasteiger partial charge in [-0.3, -0.25) is 5.10 Å². The highest BCUT2D eigenvalue weighted by atomic mass is 35.5. The van der Waals surface area contributed by atoms with E-state index in [1.165, 1.54) is 44.9 Å². The standard InChI is InChI=1S/C23H41ClN4O2S/c1-5-6-7-8-9-10-11-12-13-14-17-31(29,30)18-15-16-19-25-20(24)21-26-22(23(2,3)4)27-28(19)21/h5-18H2,1-4H3,(H,26,27). The first-order valence-electron chi connectivity index (χ1n) is 12.0.